The number of nitrogens with two attached hydrogens (primary N) is 1. The van der Waals surface area contributed by atoms with Gasteiger partial charge in [0.25, 0.3) is 5.91 Å². The largest absolute Gasteiger partial charge is 0.350 e. The highest BCUT2D eigenvalue weighted by Gasteiger charge is 2.13. The standard InChI is InChI=1S/C13H16N2OS/c1-13(2,14)8-15-12(16)10-3-4-11-9(7-10)5-6-17-11/h3-7H,8,14H2,1-2H3,(H,15,16). The SMILES string of the molecule is CC(C)(N)CNC(=O)c1ccc2sccc2c1. The minimum absolute atomic E-state index is 0.0726. The van der Waals surface area contributed by atoms with Crippen LogP contribution in [-0.4, -0.2) is 18.0 Å². The highest BCUT2D eigenvalue weighted by atomic mass is 32.1. The Hall–Kier alpha value is -1.39. The van der Waals surface area contributed by atoms with Gasteiger partial charge in [-0.2, -0.15) is 0 Å². The Bertz CT molecular complexity index is 540. The number of rotatable bonds is 3. The van der Waals surface area contributed by atoms with Crippen molar-refractivity contribution in [2.75, 3.05) is 6.54 Å². The fourth-order valence-electron chi connectivity index (χ4n) is 1.52. The molecule has 90 valence electrons. The molecule has 3 N–H and O–H groups in total. The van der Waals surface area contributed by atoms with Crippen molar-refractivity contribution in [3.8, 4) is 0 Å². The van der Waals surface area contributed by atoms with Crippen LogP contribution >= 0.6 is 11.3 Å². The van der Waals surface area contributed by atoms with Gasteiger partial charge in [0.15, 0.2) is 0 Å². The second kappa shape index (κ2) is 4.47. The minimum Gasteiger partial charge on any atom is -0.350 e. The summed E-state index contributed by atoms with van der Waals surface area (Å²) in [6.07, 6.45) is 0. The van der Waals surface area contributed by atoms with Crippen LogP contribution in [0.3, 0.4) is 0 Å². The van der Waals surface area contributed by atoms with Gasteiger partial charge in [-0.25, -0.2) is 0 Å². The van der Waals surface area contributed by atoms with E-state index in [-0.39, 0.29) is 11.4 Å². The van der Waals surface area contributed by atoms with Crippen molar-refractivity contribution in [1.82, 2.24) is 5.32 Å². The topological polar surface area (TPSA) is 55.1 Å². The van der Waals surface area contributed by atoms with Crippen molar-refractivity contribution in [2.24, 2.45) is 5.73 Å². The van der Waals surface area contributed by atoms with Gasteiger partial charge in [-0.3, -0.25) is 4.79 Å². The molecule has 1 aromatic heterocycles. The number of benzene rings is 1. The summed E-state index contributed by atoms with van der Waals surface area (Å²) < 4.78 is 1.20. The molecule has 1 heterocycles. The zero-order valence-corrected chi connectivity index (χ0v) is 10.8. The molecular weight excluding hydrogens is 232 g/mol. The van der Waals surface area contributed by atoms with Crippen molar-refractivity contribution in [3.63, 3.8) is 0 Å². The lowest BCUT2D eigenvalue weighted by Crippen LogP contribution is -2.45. The van der Waals surface area contributed by atoms with E-state index in [1.165, 1.54) is 4.70 Å². The molecule has 0 radical (unpaired) electrons. The summed E-state index contributed by atoms with van der Waals surface area (Å²) in [7, 11) is 0. The zero-order chi connectivity index (χ0) is 12.5. The van der Waals surface area contributed by atoms with Gasteiger partial charge >= 0.3 is 0 Å². The van der Waals surface area contributed by atoms with E-state index in [1.807, 2.05) is 43.5 Å². The molecule has 0 aliphatic rings. The second-order valence-electron chi connectivity index (χ2n) is 4.84. The Balaban J connectivity index is 2.13. The first-order valence-electron chi connectivity index (χ1n) is 5.50. The van der Waals surface area contributed by atoms with E-state index in [9.17, 15) is 4.79 Å². The molecule has 0 aliphatic carbocycles. The van der Waals surface area contributed by atoms with Crippen molar-refractivity contribution < 1.29 is 4.79 Å². The quantitative estimate of drug-likeness (QED) is 0.876. The minimum atomic E-state index is -0.387. The van der Waals surface area contributed by atoms with Crippen LogP contribution in [0.5, 0.6) is 0 Å². The Morgan fingerprint density at radius 3 is 2.88 bits per heavy atom. The zero-order valence-electron chi connectivity index (χ0n) is 9.99. The number of carbonyl (C=O) groups excluding carboxylic acids is 1. The van der Waals surface area contributed by atoms with Crippen LogP contribution < -0.4 is 11.1 Å². The Morgan fingerprint density at radius 2 is 2.18 bits per heavy atom. The molecular formula is C13H16N2OS. The van der Waals surface area contributed by atoms with Crippen LogP contribution in [0.25, 0.3) is 10.1 Å². The van der Waals surface area contributed by atoms with Crippen LogP contribution in [0.15, 0.2) is 29.6 Å². The van der Waals surface area contributed by atoms with Crippen molar-refractivity contribution in [1.29, 1.82) is 0 Å². The van der Waals surface area contributed by atoms with E-state index >= 15 is 0 Å². The molecule has 0 aliphatic heterocycles. The predicted molar refractivity (Wildman–Crippen MR) is 72.4 cm³/mol. The maximum Gasteiger partial charge on any atom is 0.251 e. The van der Waals surface area contributed by atoms with Gasteiger partial charge in [0.1, 0.15) is 0 Å². The number of thiophene rings is 1. The molecule has 0 bridgehead atoms. The van der Waals surface area contributed by atoms with Crippen LogP contribution in [0, 0.1) is 0 Å². The third kappa shape index (κ3) is 3.05. The third-order valence-electron chi connectivity index (χ3n) is 2.42. The fourth-order valence-corrected chi connectivity index (χ4v) is 2.29. The number of fused-ring (bicyclic) bond motifs is 1. The molecule has 0 spiro atoms. The molecule has 4 heteroatoms. The Morgan fingerprint density at radius 1 is 1.41 bits per heavy atom. The van der Waals surface area contributed by atoms with E-state index in [4.69, 9.17) is 5.73 Å². The summed E-state index contributed by atoms with van der Waals surface area (Å²) >= 11 is 1.67. The first-order chi connectivity index (χ1) is 7.96. The number of nitrogens with one attached hydrogen (secondary N) is 1. The summed E-state index contributed by atoms with van der Waals surface area (Å²) in [6.45, 7) is 4.23. The van der Waals surface area contributed by atoms with Gasteiger partial charge < -0.3 is 11.1 Å². The highest BCUT2D eigenvalue weighted by molar-refractivity contribution is 7.17. The van der Waals surface area contributed by atoms with Crippen LogP contribution in [0.1, 0.15) is 24.2 Å². The van der Waals surface area contributed by atoms with E-state index in [2.05, 4.69) is 5.32 Å². The van der Waals surface area contributed by atoms with Crippen molar-refractivity contribution in [2.45, 2.75) is 19.4 Å². The molecule has 17 heavy (non-hydrogen) atoms. The lowest BCUT2D eigenvalue weighted by atomic mass is 10.1. The van der Waals surface area contributed by atoms with Crippen LogP contribution in [0.4, 0.5) is 0 Å². The number of hydrogen-bond acceptors (Lipinski definition) is 3. The molecule has 0 atom stereocenters. The van der Waals surface area contributed by atoms with Crippen molar-refractivity contribution >= 4 is 27.3 Å². The Kier molecular flexibility index (Phi) is 3.17. The smallest absolute Gasteiger partial charge is 0.251 e. The number of carbonyl (C=O) groups is 1. The molecule has 1 amide bonds. The van der Waals surface area contributed by atoms with E-state index in [0.717, 1.165) is 5.39 Å². The van der Waals surface area contributed by atoms with Crippen molar-refractivity contribution in [3.05, 3.63) is 35.2 Å². The summed E-state index contributed by atoms with van der Waals surface area (Å²) in [4.78, 5) is 11.9. The Labute approximate surface area is 105 Å². The maximum absolute atomic E-state index is 11.9. The summed E-state index contributed by atoms with van der Waals surface area (Å²) in [6, 6.07) is 7.74. The lowest BCUT2D eigenvalue weighted by Gasteiger charge is -2.18. The van der Waals surface area contributed by atoms with Gasteiger partial charge in [-0.05, 0) is 48.9 Å². The molecule has 0 saturated heterocycles. The van der Waals surface area contributed by atoms with Gasteiger partial charge in [0.2, 0.25) is 0 Å². The number of amides is 1. The maximum atomic E-state index is 11.9. The van der Waals surface area contributed by atoms with Gasteiger partial charge in [0.05, 0.1) is 0 Å². The first-order valence-corrected chi connectivity index (χ1v) is 6.38. The third-order valence-corrected chi connectivity index (χ3v) is 3.32. The predicted octanol–water partition coefficient (Wildman–Crippen LogP) is 2.37. The average molecular weight is 248 g/mol. The monoisotopic (exact) mass is 248 g/mol. The molecule has 1 aromatic carbocycles. The summed E-state index contributed by atoms with van der Waals surface area (Å²) in [5, 5.41) is 5.96. The van der Waals surface area contributed by atoms with Gasteiger partial charge in [-0.1, -0.05) is 0 Å². The molecule has 0 saturated carbocycles. The summed E-state index contributed by atoms with van der Waals surface area (Å²) in [5.74, 6) is -0.0726. The number of hydrogen-bond donors (Lipinski definition) is 2. The fraction of sp³-hybridized carbons (Fsp3) is 0.308. The first kappa shape index (κ1) is 12.1. The molecule has 2 aromatic rings. The molecule has 0 unspecified atom stereocenters. The lowest BCUT2D eigenvalue weighted by molar-refractivity contribution is 0.0946. The van der Waals surface area contributed by atoms with Gasteiger partial charge in [0, 0.05) is 22.3 Å². The second-order valence-corrected chi connectivity index (χ2v) is 5.79. The van der Waals surface area contributed by atoms with E-state index < -0.39 is 0 Å². The normalized spacial score (nSPS) is 11.7. The molecule has 2 rings (SSSR count). The highest BCUT2D eigenvalue weighted by Crippen LogP contribution is 2.21. The molecule has 0 fully saturated rings. The van der Waals surface area contributed by atoms with E-state index in [1.54, 1.807) is 11.3 Å². The van der Waals surface area contributed by atoms with Crippen LogP contribution in [0.2, 0.25) is 0 Å². The van der Waals surface area contributed by atoms with E-state index in [0.29, 0.717) is 12.1 Å². The summed E-state index contributed by atoms with van der Waals surface area (Å²) in [5.41, 5.74) is 6.12. The average Bonchev–Trinajstić information content (AvgIpc) is 2.71. The molecule has 3 nitrogen and oxygen atoms in total. The van der Waals surface area contributed by atoms with Crippen LogP contribution in [-0.2, 0) is 0 Å². The van der Waals surface area contributed by atoms with Gasteiger partial charge in [-0.15, -0.1) is 11.3 Å².